The van der Waals surface area contributed by atoms with Crippen molar-refractivity contribution in [3.05, 3.63) is 41.9 Å². The van der Waals surface area contributed by atoms with Gasteiger partial charge < -0.3 is 15.3 Å². The molecule has 0 saturated heterocycles. The molecule has 2 aromatic rings. The van der Waals surface area contributed by atoms with Crippen LogP contribution < -0.4 is 14.9 Å². The van der Waals surface area contributed by atoms with Gasteiger partial charge in [-0.1, -0.05) is 19.3 Å². The molecule has 0 radical (unpaired) electrons. The summed E-state index contributed by atoms with van der Waals surface area (Å²) in [7, 11) is -1.46. The standard InChI is InChI=1S/C26H35N5O4S/c1-18-14-21(36(35)29-13-5-8-25(32)33)11-12-22(18)30-26(34)23-15-24(28-17-27-23)31(16-19-9-10-19)20-6-3-2-4-7-20/h11-12,14-15,17,19-20,29H,2-10,13,16H2,1H3,(H,30,34)(H,32,33). The number of nitrogens with zero attached hydrogens (tertiary/aromatic N) is 3. The number of aromatic nitrogens is 2. The van der Waals surface area contributed by atoms with E-state index in [0.717, 1.165) is 23.8 Å². The van der Waals surface area contributed by atoms with E-state index in [9.17, 15) is 13.8 Å². The number of carbonyl (C=O) groups excluding carboxylic acids is 1. The number of nitrogens with one attached hydrogen (secondary N) is 2. The van der Waals surface area contributed by atoms with E-state index in [1.54, 1.807) is 24.3 Å². The van der Waals surface area contributed by atoms with Crippen molar-refractivity contribution < 1.29 is 18.9 Å². The molecule has 194 valence electrons. The lowest BCUT2D eigenvalue weighted by atomic mass is 9.94. The molecule has 10 heteroatoms. The number of aryl methyl sites for hydroxylation is 1. The Hall–Kier alpha value is -2.85. The van der Waals surface area contributed by atoms with Crippen LogP contribution in [0.3, 0.4) is 0 Å². The van der Waals surface area contributed by atoms with Crippen molar-refractivity contribution >= 4 is 34.4 Å². The fourth-order valence-corrected chi connectivity index (χ4v) is 5.57. The highest BCUT2D eigenvalue weighted by atomic mass is 32.2. The molecule has 9 nitrogen and oxygen atoms in total. The minimum atomic E-state index is -1.46. The highest BCUT2D eigenvalue weighted by Crippen LogP contribution is 2.34. The van der Waals surface area contributed by atoms with Crippen LogP contribution in [-0.4, -0.2) is 50.3 Å². The summed E-state index contributed by atoms with van der Waals surface area (Å²) in [4.78, 5) is 35.4. The van der Waals surface area contributed by atoms with Gasteiger partial charge in [-0.15, -0.1) is 0 Å². The third-order valence-electron chi connectivity index (χ3n) is 6.81. The zero-order chi connectivity index (χ0) is 25.5. The second kappa shape index (κ2) is 12.4. The Bertz CT molecular complexity index is 1100. The zero-order valence-corrected chi connectivity index (χ0v) is 21.6. The molecular formula is C26H35N5O4S. The summed E-state index contributed by atoms with van der Waals surface area (Å²) in [5.41, 5.74) is 1.71. The van der Waals surface area contributed by atoms with Gasteiger partial charge in [-0.05, 0) is 68.7 Å². The highest BCUT2D eigenvalue weighted by Gasteiger charge is 2.30. The normalized spacial score (nSPS) is 16.9. The molecule has 1 heterocycles. The van der Waals surface area contributed by atoms with Crippen LogP contribution in [0.25, 0.3) is 0 Å². The predicted molar refractivity (Wildman–Crippen MR) is 139 cm³/mol. The van der Waals surface area contributed by atoms with Gasteiger partial charge in [0.2, 0.25) is 0 Å². The Balaban J connectivity index is 1.40. The smallest absolute Gasteiger partial charge is 0.303 e. The molecule has 2 aliphatic carbocycles. The number of hydrogen-bond donors (Lipinski definition) is 3. The number of benzene rings is 1. The van der Waals surface area contributed by atoms with Crippen molar-refractivity contribution in [2.24, 2.45) is 5.92 Å². The van der Waals surface area contributed by atoms with Crippen LogP contribution in [0.5, 0.6) is 0 Å². The van der Waals surface area contributed by atoms with Crippen LogP contribution in [0.2, 0.25) is 0 Å². The van der Waals surface area contributed by atoms with Gasteiger partial charge >= 0.3 is 5.97 Å². The van der Waals surface area contributed by atoms with E-state index in [2.05, 4.69) is 24.9 Å². The number of hydrogen-bond acceptors (Lipinski definition) is 6. The molecule has 2 aliphatic rings. The van der Waals surface area contributed by atoms with Crippen molar-refractivity contribution in [2.75, 3.05) is 23.3 Å². The van der Waals surface area contributed by atoms with Gasteiger partial charge in [-0.3, -0.25) is 9.59 Å². The van der Waals surface area contributed by atoms with Crippen LogP contribution in [0.15, 0.2) is 35.5 Å². The van der Waals surface area contributed by atoms with E-state index in [1.165, 1.54) is 51.3 Å². The Morgan fingerprint density at radius 1 is 1.11 bits per heavy atom. The molecule has 0 aliphatic heterocycles. The fraction of sp³-hybridized carbons (Fsp3) is 0.538. The predicted octanol–water partition coefficient (Wildman–Crippen LogP) is 4.06. The van der Waals surface area contributed by atoms with E-state index < -0.39 is 17.0 Å². The monoisotopic (exact) mass is 513 g/mol. The van der Waals surface area contributed by atoms with Gasteiger partial charge in [0, 0.05) is 37.3 Å². The molecule has 0 spiro atoms. The SMILES string of the molecule is Cc1cc(S(=O)NCCCC(=O)O)ccc1NC(=O)c1cc(N(CC2CC2)C2CCCCC2)ncn1. The molecule has 1 amide bonds. The average Bonchev–Trinajstić information content (AvgIpc) is 3.71. The number of anilines is 2. The number of amides is 1. The minimum Gasteiger partial charge on any atom is -0.481 e. The van der Waals surface area contributed by atoms with E-state index in [-0.39, 0.29) is 12.3 Å². The molecule has 1 atom stereocenters. The topological polar surface area (TPSA) is 125 Å². The zero-order valence-electron chi connectivity index (χ0n) is 20.7. The van der Waals surface area contributed by atoms with Crippen LogP contribution in [-0.2, 0) is 15.8 Å². The first-order chi connectivity index (χ1) is 17.4. The molecule has 4 rings (SSSR count). The maximum Gasteiger partial charge on any atom is 0.303 e. The first kappa shape index (κ1) is 26.2. The number of aliphatic carboxylic acids is 1. The number of carbonyl (C=O) groups is 2. The number of carboxylic acids is 1. The first-order valence-corrected chi connectivity index (χ1v) is 13.9. The van der Waals surface area contributed by atoms with Gasteiger partial charge in [-0.2, -0.15) is 0 Å². The molecular weight excluding hydrogens is 478 g/mol. The molecule has 1 aromatic carbocycles. The number of rotatable bonds is 12. The second-order valence-electron chi connectivity index (χ2n) is 9.74. The van der Waals surface area contributed by atoms with Crippen molar-refractivity contribution in [3.8, 4) is 0 Å². The molecule has 2 fully saturated rings. The van der Waals surface area contributed by atoms with E-state index >= 15 is 0 Å². The largest absolute Gasteiger partial charge is 0.481 e. The van der Waals surface area contributed by atoms with Crippen LogP contribution in [0.1, 0.15) is 73.8 Å². The van der Waals surface area contributed by atoms with Gasteiger partial charge in [0.05, 0.1) is 4.90 Å². The molecule has 0 bridgehead atoms. The Morgan fingerprint density at radius 3 is 2.58 bits per heavy atom. The van der Waals surface area contributed by atoms with Crippen molar-refractivity contribution in [1.82, 2.24) is 14.7 Å². The van der Waals surface area contributed by atoms with Gasteiger partial charge in [0.1, 0.15) is 28.8 Å². The van der Waals surface area contributed by atoms with E-state index in [0.29, 0.717) is 35.3 Å². The summed E-state index contributed by atoms with van der Waals surface area (Å²) >= 11 is 0. The highest BCUT2D eigenvalue weighted by molar-refractivity contribution is 7.83. The van der Waals surface area contributed by atoms with Crippen LogP contribution in [0, 0.1) is 12.8 Å². The van der Waals surface area contributed by atoms with Gasteiger partial charge in [0.15, 0.2) is 0 Å². The van der Waals surface area contributed by atoms with E-state index in [4.69, 9.17) is 5.11 Å². The van der Waals surface area contributed by atoms with Gasteiger partial charge in [-0.25, -0.2) is 18.9 Å². The maximum absolute atomic E-state index is 13.1. The fourth-order valence-electron chi connectivity index (χ4n) is 4.60. The lowest BCUT2D eigenvalue weighted by molar-refractivity contribution is -0.137. The molecule has 36 heavy (non-hydrogen) atoms. The molecule has 3 N–H and O–H groups in total. The summed E-state index contributed by atoms with van der Waals surface area (Å²) < 4.78 is 15.3. The quantitative estimate of drug-likeness (QED) is 0.366. The Labute approximate surface area is 214 Å². The summed E-state index contributed by atoms with van der Waals surface area (Å²) in [6, 6.07) is 7.43. The van der Waals surface area contributed by atoms with Gasteiger partial charge in [0.25, 0.3) is 5.91 Å². The Morgan fingerprint density at radius 2 is 1.89 bits per heavy atom. The average molecular weight is 514 g/mol. The van der Waals surface area contributed by atoms with Crippen molar-refractivity contribution in [3.63, 3.8) is 0 Å². The minimum absolute atomic E-state index is 0.0257. The number of carboxylic acid groups (broad SMARTS) is 1. The maximum atomic E-state index is 13.1. The third kappa shape index (κ3) is 7.33. The summed E-state index contributed by atoms with van der Waals surface area (Å²) in [6.07, 6.45) is 10.5. The first-order valence-electron chi connectivity index (χ1n) is 12.8. The van der Waals surface area contributed by atoms with Crippen LogP contribution in [0.4, 0.5) is 11.5 Å². The Kier molecular flexibility index (Phi) is 9.03. The lowest BCUT2D eigenvalue weighted by Gasteiger charge is -2.35. The summed E-state index contributed by atoms with van der Waals surface area (Å²) in [5, 5.41) is 11.6. The molecule has 1 unspecified atom stereocenters. The molecule has 1 aromatic heterocycles. The van der Waals surface area contributed by atoms with Crippen LogP contribution >= 0.6 is 0 Å². The molecule has 2 saturated carbocycles. The van der Waals surface area contributed by atoms with Crippen molar-refractivity contribution in [1.29, 1.82) is 0 Å². The van der Waals surface area contributed by atoms with E-state index in [1.807, 2.05) is 6.92 Å². The van der Waals surface area contributed by atoms with Crippen molar-refractivity contribution in [2.45, 2.75) is 75.6 Å². The third-order valence-corrected chi connectivity index (χ3v) is 7.96. The summed E-state index contributed by atoms with van der Waals surface area (Å²) in [6.45, 7) is 3.17. The lowest BCUT2D eigenvalue weighted by Crippen LogP contribution is -2.39. The second-order valence-corrected chi connectivity index (χ2v) is 11.0. The summed E-state index contributed by atoms with van der Waals surface area (Å²) in [5.74, 6) is 0.360.